The molecular weight excluding hydrogens is 276 g/mol. The number of piperazine rings is 1. The molecule has 3 amide bonds. The van der Waals surface area contributed by atoms with Crippen LogP contribution in [0.25, 0.3) is 0 Å². The molecule has 1 aromatic heterocycles. The summed E-state index contributed by atoms with van der Waals surface area (Å²) in [5.41, 5.74) is 0.563. The number of carboxylic acids is 1. The zero-order chi connectivity index (χ0) is 15.4. The van der Waals surface area contributed by atoms with E-state index in [1.807, 2.05) is 0 Å². The second-order valence-corrected chi connectivity index (χ2v) is 4.74. The van der Waals surface area contributed by atoms with Crippen molar-refractivity contribution in [3.63, 3.8) is 0 Å². The SMILES string of the molecule is CN1CCN(C(=O)NCc2cc(C(=O)O)ccn2)CC1=O. The first-order chi connectivity index (χ1) is 9.97. The van der Waals surface area contributed by atoms with Gasteiger partial charge >= 0.3 is 12.0 Å². The van der Waals surface area contributed by atoms with Crippen LogP contribution in [0.2, 0.25) is 0 Å². The Balaban J connectivity index is 1.91. The first kappa shape index (κ1) is 14.8. The topological polar surface area (TPSA) is 103 Å². The Morgan fingerprint density at radius 1 is 1.43 bits per heavy atom. The number of likely N-dealkylation sites (N-methyl/N-ethyl adjacent to an activating group) is 1. The highest BCUT2D eigenvalue weighted by Gasteiger charge is 2.24. The van der Waals surface area contributed by atoms with Gasteiger partial charge in [-0.25, -0.2) is 9.59 Å². The van der Waals surface area contributed by atoms with Crippen molar-refractivity contribution in [2.24, 2.45) is 0 Å². The van der Waals surface area contributed by atoms with Crippen molar-refractivity contribution >= 4 is 17.9 Å². The summed E-state index contributed by atoms with van der Waals surface area (Å²) in [4.78, 5) is 41.3. The maximum absolute atomic E-state index is 11.9. The molecule has 21 heavy (non-hydrogen) atoms. The van der Waals surface area contributed by atoms with Gasteiger partial charge in [0, 0.05) is 26.3 Å². The lowest BCUT2D eigenvalue weighted by molar-refractivity contribution is -0.133. The van der Waals surface area contributed by atoms with Gasteiger partial charge in [-0.15, -0.1) is 0 Å². The summed E-state index contributed by atoms with van der Waals surface area (Å²) >= 11 is 0. The summed E-state index contributed by atoms with van der Waals surface area (Å²) in [5, 5.41) is 11.5. The largest absolute Gasteiger partial charge is 0.478 e. The van der Waals surface area contributed by atoms with Crippen LogP contribution in [0.5, 0.6) is 0 Å². The molecule has 1 aliphatic rings. The van der Waals surface area contributed by atoms with Crippen molar-refractivity contribution in [1.29, 1.82) is 0 Å². The Hall–Kier alpha value is -2.64. The summed E-state index contributed by atoms with van der Waals surface area (Å²) < 4.78 is 0. The van der Waals surface area contributed by atoms with Crippen molar-refractivity contribution in [2.45, 2.75) is 6.54 Å². The van der Waals surface area contributed by atoms with Crippen molar-refractivity contribution in [1.82, 2.24) is 20.1 Å². The van der Waals surface area contributed by atoms with E-state index >= 15 is 0 Å². The Morgan fingerprint density at radius 3 is 2.86 bits per heavy atom. The zero-order valence-corrected chi connectivity index (χ0v) is 11.6. The van der Waals surface area contributed by atoms with E-state index in [4.69, 9.17) is 5.11 Å². The standard InChI is InChI=1S/C13H16N4O4/c1-16-4-5-17(8-11(16)18)13(21)15-7-10-6-9(12(19)20)2-3-14-10/h2-3,6H,4-5,7-8H2,1H3,(H,15,21)(H,19,20). The van der Waals surface area contributed by atoms with Crippen LogP contribution in [0, 0.1) is 0 Å². The number of carbonyl (C=O) groups excluding carboxylic acids is 2. The fraction of sp³-hybridized carbons (Fsp3) is 0.385. The molecule has 0 bridgehead atoms. The first-order valence-electron chi connectivity index (χ1n) is 6.42. The normalized spacial score (nSPS) is 15.0. The third-order valence-electron chi connectivity index (χ3n) is 3.23. The summed E-state index contributed by atoms with van der Waals surface area (Å²) in [6, 6.07) is 2.42. The van der Waals surface area contributed by atoms with Crippen LogP contribution < -0.4 is 5.32 Å². The number of nitrogens with one attached hydrogen (secondary N) is 1. The van der Waals surface area contributed by atoms with Gasteiger partial charge < -0.3 is 20.2 Å². The first-order valence-corrected chi connectivity index (χ1v) is 6.42. The molecule has 112 valence electrons. The minimum Gasteiger partial charge on any atom is -0.478 e. The summed E-state index contributed by atoms with van der Waals surface area (Å²) in [6.45, 7) is 1.13. The number of hydrogen-bond donors (Lipinski definition) is 2. The van der Waals surface area contributed by atoms with Gasteiger partial charge in [0.05, 0.1) is 17.8 Å². The van der Waals surface area contributed by atoms with E-state index in [9.17, 15) is 14.4 Å². The number of aromatic nitrogens is 1. The third-order valence-corrected chi connectivity index (χ3v) is 3.23. The molecule has 2 rings (SSSR count). The molecule has 0 unspecified atom stereocenters. The molecule has 1 saturated heterocycles. The molecule has 0 aliphatic carbocycles. The minimum atomic E-state index is -1.05. The third kappa shape index (κ3) is 3.68. The van der Waals surface area contributed by atoms with Gasteiger partial charge in [0.15, 0.2) is 0 Å². The van der Waals surface area contributed by atoms with E-state index < -0.39 is 5.97 Å². The number of hydrogen-bond acceptors (Lipinski definition) is 4. The number of nitrogens with zero attached hydrogens (tertiary/aromatic N) is 3. The Morgan fingerprint density at radius 2 is 2.19 bits per heavy atom. The molecular formula is C13H16N4O4. The number of aromatic carboxylic acids is 1. The highest BCUT2D eigenvalue weighted by Crippen LogP contribution is 2.04. The fourth-order valence-electron chi connectivity index (χ4n) is 1.92. The van der Waals surface area contributed by atoms with Gasteiger partial charge in [0.1, 0.15) is 6.54 Å². The molecule has 8 nitrogen and oxygen atoms in total. The number of pyridine rings is 1. The number of amides is 3. The van der Waals surface area contributed by atoms with Gasteiger partial charge in [-0.1, -0.05) is 0 Å². The number of urea groups is 1. The lowest BCUT2D eigenvalue weighted by Gasteiger charge is -2.31. The summed E-state index contributed by atoms with van der Waals surface area (Å²) in [6.07, 6.45) is 1.38. The van der Waals surface area contributed by atoms with Crippen LogP contribution in [0.4, 0.5) is 4.79 Å². The molecule has 2 heterocycles. The maximum Gasteiger partial charge on any atom is 0.335 e. The van der Waals surface area contributed by atoms with Crippen LogP contribution >= 0.6 is 0 Å². The molecule has 0 aromatic carbocycles. The van der Waals surface area contributed by atoms with Gasteiger partial charge in [-0.05, 0) is 12.1 Å². The Bertz CT molecular complexity index is 575. The maximum atomic E-state index is 11.9. The predicted molar refractivity (Wildman–Crippen MR) is 72.6 cm³/mol. The molecule has 0 saturated carbocycles. The highest BCUT2D eigenvalue weighted by molar-refractivity contribution is 5.87. The molecule has 0 spiro atoms. The van der Waals surface area contributed by atoms with Crippen LogP contribution in [0.15, 0.2) is 18.3 Å². The second kappa shape index (κ2) is 6.21. The Labute approximate surface area is 121 Å². The molecule has 2 N–H and O–H groups in total. The van der Waals surface area contributed by atoms with E-state index in [-0.39, 0.29) is 30.6 Å². The van der Waals surface area contributed by atoms with E-state index in [2.05, 4.69) is 10.3 Å². The quantitative estimate of drug-likeness (QED) is 0.800. The monoisotopic (exact) mass is 292 g/mol. The lowest BCUT2D eigenvalue weighted by atomic mass is 10.2. The van der Waals surface area contributed by atoms with Gasteiger partial charge in [0.25, 0.3) is 0 Å². The van der Waals surface area contributed by atoms with Crippen LogP contribution in [0.1, 0.15) is 16.1 Å². The molecule has 1 aromatic rings. The van der Waals surface area contributed by atoms with E-state index in [1.165, 1.54) is 23.2 Å². The van der Waals surface area contributed by atoms with E-state index in [0.29, 0.717) is 18.8 Å². The number of carboxylic acid groups (broad SMARTS) is 1. The number of carbonyl (C=O) groups is 3. The smallest absolute Gasteiger partial charge is 0.335 e. The molecule has 1 aliphatic heterocycles. The van der Waals surface area contributed by atoms with Crippen LogP contribution in [0.3, 0.4) is 0 Å². The van der Waals surface area contributed by atoms with Crippen molar-refractivity contribution < 1.29 is 19.5 Å². The molecule has 0 atom stereocenters. The van der Waals surface area contributed by atoms with Crippen molar-refractivity contribution in [2.75, 3.05) is 26.7 Å². The minimum absolute atomic E-state index is 0.0466. The van der Waals surface area contributed by atoms with Crippen LogP contribution in [-0.4, -0.2) is 64.5 Å². The zero-order valence-electron chi connectivity index (χ0n) is 11.6. The molecule has 0 radical (unpaired) electrons. The summed E-state index contributed by atoms with van der Waals surface area (Å²) in [7, 11) is 1.69. The van der Waals surface area contributed by atoms with Crippen LogP contribution in [-0.2, 0) is 11.3 Å². The van der Waals surface area contributed by atoms with Gasteiger partial charge in [0.2, 0.25) is 5.91 Å². The molecule has 1 fully saturated rings. The molecule has 8 heteroatoms. The predicted octanol–water partition coefficient (Wildman–Crippen LogP) is -0.237. The average Bonchev–Trinajstić information content (AvgIpc) is 2.48. The lowest BCUT2D eigenvalue weighted by Crippen LogP contribution is -2.53. The summed E-state index contributed by atoms with van der Waals surface area (Å²) in [5.74, 6) is -1.16. The van der Waals surface area contributed by atoms with E-state index in [0.717, 1.165) is 0 Å². The van der Waals surface area contributed by atoms with E-state index in [1.54, 1.807) is 11.9 Å². The number of rotatable bonds is 3. The second-order valence-electron chi connectivity index (χ2n) is 4.74. The van der Waals surface area contributed by atoms with Crippen molar-refractivity contribution in [3.8, 4) is 0 Å². The van der Waals surface area contributed by atoms with Crippen molar-refractivity contribution in [3.05, 3.63) is 29.6 Å². The average molecular weight is 292 g/mol. The van der Waals surface area contributed by atoms with Gasteiger partial charge in [-0.2, -0.15) is 0 Å². The highest BCUT2D eigenvalue weighted by atomic mass is 16.4. The fourth-order valence-corrected chi connectivity index (χ4v) is 1.92. The van der Waals surface area contributed by atoms with Gasteiger partial charge in [-0.3, -0.25) is 9.78 Å². The Kier molecular flexibility index (Phi) is 4.36.